The lowest BCUT2D eigenvalue weighted by molar-refractivity contribution is -0.760. The van der Waals surface area contributed by atoms with Crippen LogP contribution in [0.25, 0.3) is 22.4 Å². The molecule has 4 unspecified atom stereocenters. The summed E-state index contributed by atoms with van der Waals surface area (Å²) in [4.78, 5) is 5.15. The summed E-state index contributed by atoms with van der Waals surface area (Å²) < 4.78 is 17.4. The largest absolute Gasteiger partial charge is 0.352 e. The van der Waals surface area contributed by atoms with E-state index in [-0.39, 0.29) is 11.4 Å². The predicted octanol–water partition coefficient (Wildman–Crippen LogP) is 6.47. The first-order chi connectivity index (χ1) is 19.2. The monoisotopic (exact) mass is 510 g/mol. The molecule has 4 aromatic rings. The van der Waals surface area contributed by atoms with Gasteiger partial charge in [-0.25, -0.2) is 4.39 Å². The summed E-state index contributed by atoms with van der Waals surface area (Å²) >= 11 is 0. The third-order valence-corrected chi connectivity index (χ3v) is 9.93. The van der Waals surface area contributed by atoms with E-state index < -0.39 is 0 Å². The van der Waals surface area contributed by atoms with Crippen LogP contribution in [-0.4, -0.2) is 22.4 Å². The number of fused-ring (bicyclic) bond motifs is 8. The summed E-state index contributed by atoms with van der Waals surface area (Å²) in [5, 5.41) is 0. The Balaban J connectivity index is 1.33. The molecule has 5 heterocycles. The number of aromatic nitrogens is 1. The van der Waals surface area contributed by atoms with Crippen molar-refractivity contribution in [3.8, 4) is 22.4 Å². The molecular formula is C35H29FN3+. The molecule has 0 radical (unpaired) electrons. The number of benzene rings is 3. The molecule has 0 N–H and O–H groups in total. The maximum Gasteiger partial charge on any atom is 0.221 e. The van der Waals surface area contributed by atoms with E-state index in [1.54, 1.807) is 12.1 Å². The lowest BCUT2D eigenvalue weighted by Crippen LogP contribution is -2.73. The van der Waals surface area contributed by atoms with Crippen molar-refractivity contribution in [1.29, 1.82) is 0 Å². The van der Waals surface area contributed by atoms with Gasteiger partial charge in [0, 0.05) is 37.0 Å². The fraction of sp³-hybridized carbons (Fsp3) is 0.229. The highest BCUT2D eigenvalue weighted by Gasteiger charge is 2.67. The highest BCUT2D eigenvalue weighted by Crippen LogP contribution is 2.61. The van der Waals surface area contributed by atoms with E-state index in [9.17, 15) is 4.39 Å². The van der Waals surface area contributed by atoms with Crippen molar-refractivity contribution in [2.45, 2.75) is 42.9 Å². The topological polar surface area (TPSA) is 10.4 Å². The number of halogens is 1. The number of nitrogens with zero attached hydrogens (tertiary/aromatic N) is 3. The molecule has 9 rings (SSSR count). The number of allylic oxidation sites excluding steroid dienone is 2. The molecule has 1 spiro atoms. The molecule has 3 aromatic carbocycles. The zero-order valence-corrected chi connectivity index (χ0v) is 21.7. The van der Waals surface area contributed by atoms with Crippen LogP contribution in [0.15, 0.2) is 110 Å². The minimum absolute atomic E-state index is 0.187. The van der Waals surface area contributed by atoms with Gasteiger partial charge in [0.15, 0.2) is 11.7 Å². The van der Waals surface area contributed by atoms with Crippen LogP contribution >= 0.6 is 0 Å². The molecule has 0 bridgehead atoms. The second-order valence-electron chi connectivity index (χ2n) is 11.7. The fourth-order valence-electron chi connectivity index (χ4n) is 8.31. The Kier molecular flexibility index (Phi) is 4.28. The second-order valence-corrected chi connectivity index (χ2v) is 11.7. The van der Waals surface area contributed by atoms with E-state index in [1.807, 2.05) is 6.07 Å². The van der Waals surface area contributed by atoms with Gasteiger partial charge in [0.2, 0.25) is 5.69 Å². The highest BCUT2D eigenvalue weighted by molar-refractivity contribution is 5.80. The van der Waals surface area contributed by atoms with E-state index >= 15 is 0 Å². The molecule has 1 saturated carbocycles. The van der Waals surface area contributed by atoms with Gasteiger partial charge in [-0.05, 0) is 59.4 Å². The van der Waals surface area contributed by atoms with E-state index in [0.29, 0.717) is 18.1 Å². The van der Waals surface area contributed by atoms with Crippen molar-refractivity contribution in [2.24, 2.45) is 0 Å². The normalized spacial score (nSPS) is 27.6. The van der Waals surface area contributed by atoms with Crippen molar-refractivity contribution in [3.63, 3.8) is 0 Å². The summed E-state index contributed by atoms with van der Waals surface area (Å²) in [6.45, 7) is 1.08. The molecule has 5 aliphatic rings. The van der Waals surface area contributed by atoms with Gasteiger partial charge < -0.3 is 9.80 Å². The Hall–Kier alpha value is -4.18. The third-order valence-electron chi connectivity index (χ3n) is 9.93. The van der Waals surface area contributed by atoms with Gasteiger partial charge in [0.05, 0.1) is 23.1 Å². The minimum atomic E-state index is -0.229. The Labute approximate surface area is 228 Å². The molecule has 1 fully saturated rings. The second kappa shape index (κ2) is 7.69. The highest BCUT2D eigenvalue weighted by atomic mass is 19.1. The van der Waals surface area contributed by atoms with E-state index in [4.69, 9.17) is 0 Å². The first-order valence-corrected chi connectivity index (χ1v) is 14.1. The third kappa shape index (κ3) is 2.79. The SMILES string of the molecule is Fc1ccc2c(c1)-c1c(-c3ccccc3)ccc[n+]1C1(/C=C/C2)CC2C1c1cccc3c1C1N(C=CN21)CC3. The first kappa shape index (κ1) is 21.7. The molecule has 39 heavy (non-hydrogen) atoms. The Morgan fingerprint density at radius 3 is 2.72 bits per heavy atom. The van der Waals surface area contributed by atoms with Crippen molar-refractivity contribution in [3.05, 3.63) is 138 Å². The van der Waals surface area contributed by atoms with Gasteiger partial charge in [-0.1, -0.05) is 60.7 Å². The molecule has 0 saturated heterocycles. The fourth-order valence-corrected chi connectivity index (χ4v) is 8.31. The molecule has 4 heteroatoms. The maximum absolute atomic E-state index is 14.9. The first-order valence-electron chi connectivity index (χ1n) is 14.1. The van der Waals surface area contributed by atoms with E-state index in [2.05, 4.69) is 106 Å². The van der Waals surface area contributed by atoms with Crippen LogP contribution in [0.2, 0.25) is 0 Å². The lowest BCUT2D eigenvalue weighted by atomic mass is 9.55. The quantitative estimate of drug-likeness (QED) is 0.215. The van der Waals surface area contributed by atoms with Crippen LogP contribution in [-0.2, 0) is 18.4 Å². The number of pyridine rings is 1. The van der Waals surface area contributed by atoms with Crippen molar-refractivity contribution in [1.82, 2.24) is 9.80 Å². The zero-order chi connectivity index (χ0) is 25.7. The summed E-state index contributed by atoms with van der Waals surface area (Å²) in [5.41, 5.74) is 9.86. The van der Waals surface area contributed by atoms with Crippen LogP contribution in [0, 0.1) is 5.82 Å². The van der Waals surface area contributed by atoms with E-state index in [1.165, 1.54) is 16.7 Å². The average molecular weight is 511 g/mol. The number of hydrogen-bond donors (Lipinski definition) is 0. The van der Waals surface area contributed by atoms with Crippen molar-refractivity contribution < 1.29 is 8.96 Å². The number of rotatable bonds is 1. The van der Waals surface area contributed by atoms with Crippen LogP contribution in [0.3, 0.4) is 0 Å². The molecule has 3 nitrogen and oxygen atoms in total. The molecule has 190 valence electrons. The molecule has 4 aliphatic heterocycles. The van der Waals surface area contributed by atoms with Gasteiger partial charge in [-0.3, -0.25) is 0 Å². The van der Waals surface area contributed by atoms with Crippen LogP contribution in [0.5, 0.6) is 0 Å². The molecule has 1 aliphatic carbocycles. The van der Waals surface area contributed by atoms with E-state index in [0.717, 1.165) is 53.8 Å². The molecular weight excluding hydrogens is 481 g/mol. The lowest BCUT2D eigenvalue weighted by Gasteiger charge is -2.59. The van der Waals surface area contributed by atoms with Gasteiger partial charge in [-0.2, -0.15) is 4.57 Å². The zero-order valence-electron chi connectivity index (χ0n) is 21.7. The summed E-state index contributed by atoms with van der Waals surface area (Å²) in [6, 6.07) is 27.7. The summed E-state index contributed by atoms with van der Waals surface area (Å²) in [6.07, 6.45) is 14.9. The van der Waals surface area contributed by atoms with Crippen LogP contribution in [0.1, 0.15) is 40.8 Å². The Morgan fingerprint density at radius 1 is 0.872 bits per heavy atom. The minimum Gasteiger partial charge on any atom is -0.352 e. The van der Waals surface area contributed by atoms with Gasteiger partial charge in [0.1, 0.15) is 12.0 Å². The summed E-state index contributed by atoms with van der Waals surface area (Å²) in [7, 11) is 0. The molecule has 1 aromatic heterocycles. The van der Waals surface area contributed by atoms with Gasteiger partial charge in [0.25, 0.3) is 0 Å². The average Bonchev–Trinajstić information content (AvgIpc) is 3.39. The van der Waals surface area contributed by atoms with Crippen LogP contribution < -0.4 is 4.57 Å². The summed E-state index contributed by atoms with van der Waals surface area (Å²) in [5.74, 6) is 0.126. The molecule has 0 amide bonds. The van der Waals surface area contributed by atoms with Crippen LogP contribution in [0.4, 0.5) is 4.39 Å². The predicted molar refractivity (Wildman–Crippen MR) is 150 cm³/mol. The Bertz CT molecular complexity index is 1720. The number of hydrogen-bond acceptors (Lipinski definition) is 2. The van der Waals surface area contributed by atoms with Gasteiger partial charge >= 0.3 is 0 Å². The van der Waals surface area contributed by atoms with Crippen molar-refractivity contribution >= 4 is 0 Å². The standard InChI is InChI=1S/C35H29FN3/c36-26-14-13-24-10-5-16-35(39-17-6-12-27(33(39)29(24)21-26)23-7-2-1-3-8-23)22-30-32(35)28-11-4-9-25-15-18-37-19-20-38(30)34(37)31(25)28/h1-9,11-14,16-17,19-21,30,32,34H,10,15,18,22H2/q+1/b16-5+. The van der Waals surface area contributed by atoms with Gasteiger partial charge in [-0.15, -0.1) is 0 Å². The smallest absolute Gasteiger partial charge is 0.221 e. The van der Waals surface area contributed by atoms with Crippen molar-refractivity contribution in [2.75, 3.05) is 6.54 Å². The Morgan fingerprint density at radius 2 is 1.79 bits per heavy atom. The molecule has 4 atom stereocenters. The maximum atomic E-state index is 14.9.